The minimum Gasteiger partial charge on any atom is -0.507 e. The van der Waals surface area contributed by atoms with Gasteiger partial charge in [-0.3, -0.25) is 0 Å². The number of phenols is 1. The molecule has 1 N–H and O–H groups in total. The van der Waals surface area contributed by atoms with E-state index in [1.165, 1.54) is 5.56 Å². The lowest BCUT2D eigenvalue weighted by Gasteiger charge is -2.25. The van der Waals surface area contributed by atoms with Gasteiger partial charge < -0.3 is 13.9 Å². The molecular formula is C21H24O3. The zero-order valence-corrected chi connectivity index (χ0v) is 14.7. The maximum Gasteiger partial charge on any atom is 0.123 e. The highest BCUT2D eigenvalue weighted by Crippen LogP contribution is 2.37. The summed E-state index contributed by atoms with van der Waals surface area (Å²) in [6, 6.07) is 9.73. The van der Waals surface area contributed by atoms with Crippen molar-refractivity contribution in [3.63, 3.8) is 0 Å². The Morgan fingerprint density at radius 3 is 2.04 bits per heavy atom. The van der Waals surface area contributed by atoms with Gasteiger partial charge in [-0.2, -0.15) is 0 Å². The molecule has 0 aliphatic carbocycles. The van der Waals surface area contributed by atoms with E-state index in [2.05, 4.69) is 33.8 Å². The lowest BCUT2D eigenvalue weighted by molar-refractivity contribution is 0.450. The first-order chi connectivity index (χ1) is 11.4. The number of hydrogen-bond acceptors (Lipinski definition) is 3. The monoisotopic (exact) mass is 324 g/mol. The molecule has 0 unspecified atom stereocenters. The molecule has 3 nitrogen and oxygen atoms in total. The van der Waals surface area contributed by atoms with E-state index < -0.39 is 0 Å². The smallest absolute Gasteiger partial charge is 0.123 e. The fraction of sp³-hybridized carbons (Fsp3) is 0.333. The first-order valence-corrected chi connectivity index (χ1v) is 8.26. The van der Waals surface area contributed by atoms with Gasteiger partial charge in [0.2, 0.25) is 0 Å². The Labute approximate surface area is 142 Å². The van der Waals surface area contributed by atoms with Gasteiger partial charge in [-0.05, 0) is 47.7 Å². The molecule has 0 saturated carbocycles. The van der Waals surface area contributed by atoms with Crippen LogP contribution < -0.4 is 0 Å². The summed E-state index contributed by atoms with van der Waals surface area (Å²) in [5.74, 6) is 2.04. The van der Waals surface area contributed by atoms with Crippen LogP contribution in [0.25, 0.3) is 0 Å². The Morgan fingerprint density at radius 2 is 1.54 bits per heavy atom. The van der Waals surface area contributed by atoms with Gasteiger partial charge in [-0.1, -0.05) is 26.8 Å². The molecule has 2 heterocycles. The van der Waals surface area contributed by atoms with Gasteiger partial charge in [0.25, 0.3) is 0 Å². The standard InChI is InChI=1S/C21H24O3/c1-14-18(13-17-8-6-10-24-17)20(22)15(11-16-7-5-9-23-16)12-19(14)21(2,3)4/h5-10,12,22H,11,13H2,1-4H3. The average molecular weight is 324 g/mol. The van der Waals surface area contributed by atoms with E-state index in [0.717, 1.165) is 28.2 Å². The summed E-state index contributed by atoms with van der Waals surface area (Å²) < 4.78 is 11.0. The number of hydrogen-bond donors (Lipinski definition) is 1. The molecule has 0 amide bonds. The van der Waals surface area contributed by atoms with Gasteiger partial charge in [-0.25, -0.2) is 0 Å². The second-order valence-electron chi connectivity index (χ2n) is 7.30. The van der Waals surface area contributed by atoms with Crippen LogP contribution in [0.5, 0.6) is 5.75 Å². The summed E-state index contributed by atoms with van der Waals surface area (Å²) in [4.78, 5) is 0. The highest BCUT2D eigenvalue weighted by molar-refractivity contribution is 5.53. The molecule has 0 radical (unpaired) electrons. The zero-order chi connectivity index (χ0) is 17.3. The summed E-state index contributed by atoms with van der Waals surface area (Å²) in [6.45, 7) is 8.66. The fourth-order valence-corrected chi connectivity index (χ4v) is 3.20. The topological polar surface area (TPSA) is 46.5 Å². The van der Waals surface area contributed by atoms with Gasteiger partial charge in [0.05, 0.1) is 12.5 Å². The minimum absolute atomic E-state index is 0.00634. The van der Waals surface area contributed by atoms with Gasteiger partial charge in [0.15, 0.2) is 0 Å². The minimum atomic E-state index is -0.00634. The van der Waals surface area contributed by atoms with E-state index in [9.17, 15) is 5.11 Å². The average Bonchev–Trinajstić information content (AvgIpc) is 3.18. The molecule has 2 aromatic heterocycles. The predicted octanol–water partition coefficient (Wildman–Crippen LogP) is 5.37. The van der Waals surface area contributed by atoms with Crippen LogP contribution >= 0.6 is 0 Å². The third-order valence-corrected chi connectivity index (χ3v) is 4.45. The fourth-order valence-electron chi connectivity index (χ4n) is 3.20. The number of benzene rings is 1. The molecule has 3 rings (SSSR count). The molecule has 1 aromatic carbocycles. The van der Waals surface area contributed by atoms with Crippen molar-refractivity contribution in [3.8, 4) is 5.75 Å². The SMILES string of the molecule is Cc1c(C(C)(C)C)cc(Cc2ccco2)c(O)c1Cc1ccco1. The number of rotatable bonds is 4. The highest BCUT2D eigenvalue weighted by atomic mass is 16.3. The van der Waals surface area contributed by atoms with Crippen LogP contribution in [-0.2, 0) is 18.3 Å². The van der Waals surface area contributed by atoms with Crippen LogP contribution in [0.15, 0.2) is 51.7 Å². The van der Waals surface area contributed by atoms with Crippen molar-refractivity contribution in [1.29, 1.82) is 0 Å². The van der Waals surface area contributed by atoms with Crippen molar-refractivity contribution in [2.24, 2.45) is 0 Å². The van der Waals surface area contributed by atoms with Crippen molar-refractivity contribution in [2.45, 2.75) is 46.0 Å². The Hall–Kier alpha value is -2.42. The van der Waals surface area contributed by atoms with Gasteiger partial charge in [0.1, 0.15) is 17.3 Å². The van der Waals surface area contributed by atoms with Crippen molar-refractivity contribution in [2.75, 3.05) is 0 Å². The summed E-state index contributed by atoms with van der Waals surface area (Å²) in [5, 5.41) is 10.9. The van der Waals surface area contributed by atoms with Crippen LogP contribution in [0, 0.1) is 6.92 Å². The van der Waals surface area contributed by atoms with Crippen LogP contribution in [0.4, 0.5) is 0 Å². The molecule has 24 heavy (non-hydrogen) atoms. The second-order valence-corrected chi connectivity index (χ2v) is 7.30. The Balaban J connectivity index is 2.11. The quantitative estimate of drug-likeness (QED) is 0.702. The molecule has 0 atom stereocenters. The predicted molar refractivity (Wildman–Crippen MR) is 94.6 cm³/mol. The van der Waals surface area contributed by atoms with Crippen LogP contribution in [-0.4, -0.2) is 5.11 Å². The number of phenolic OH excluding ortho intramolecular Hbond substituents is 1. The van der Waals surface area contributed by atoms with E-state index >= 15 is 0 Å². The largest absolute Gasteiger partial charge is 0.507 e. The summed E-state index contributed by atoms with van der Waals surface area (Å²) >= 11 is 0. The molecule has 3 heteroatoms. The molecule has 0 bridgehead atoms. The van der Waals surface area contributed by atoms with E-state index in [1.807, 2.05) is 24.3 Å². The number of furan rings is 2. The third kappa shape index (κ3) is 3.25. The zero-order valence-electron chi connectivity index (χ0n) is 14.7. The molecule has 0 aliphatic heterocycles. The van der Waals surface area contributed by atoms with E-state index in [-0.39, 0.29) is 5.41 Å². The number of aromatic hydroxyl groups is 1. The molecule has 0 spiro atoms. The van der Waals surface area contributed by atoms with Gasteiger partial charge in [0, 0.05) is 24.0 Å². The molecular weight excluding hydrogens is 300 g/mol. The lowest BCUT2D eigenvalue weighted by Crippen LogP contribution is -2.15. The van der Waals surface area contributed by atoms with Crippen molar-refractivity contribution in [1.82, 2.24) is 0 Å². The summed E-state index contributed by atoms with van der Waals surface area (Å²) in [6.07, 6.45) is 4.49. The van der Waals surface area contributed by atoms with Crippen LogP contribution in [0.2, 0.25) is 0 Å². The molecule has 126 valence electrons. The second kappa shape index (κ2) is 6.23. The Bertz CT molecular complexity index is 804. The molecule has 0 saturated heterocycles. The van der Waals surface area contributed by atoms with Gasteiger partial charge >= 0.3 is 0 Å². The third-order valence-electron chi connectivity index (χ3n) is 4.45. The lowest BCUT2D eigenvalue weighted by atomic mass is 9.80. The van der Waals surface area contributed by atoms with Crippen LogP contribution in [0.1, 0.15) is 54.5 Å². The Kier molecular flexibility index (Phi) is 4.27. The first-order valence-electron chi connectivity index (χ1n) is 8.26. The van der Waals surface area contributed by atoms with Crippen molar-refractivity contribution < 1.29 is 13.9 Å². The maximum absolute atomic E-state index is 10.9. The van der Waals surface area contributed by atoms with E-state index in [4.69, 9.17) is 8.83 Å². The molecule has 3 aromatic rings. The van der Waals surface area contributed by atoms with Gasteiger partial charge in [-0.15, -0.1) is 0 Å². The Morgan fingerprint density at radius 1 is 0.958 bits per heavy atom. The first kappa shape index (κ1) is 16.4. The normalized spacial score (nSPS) is 11.8. The van der Waals surface area contributed by atoms with E-state index in [0.29, 0.717) is 18.6 Å². The maximum atomic E-state index is 10.9. The van der Waals surface area contributed by atoms with Crippen LogP contribution in [0.3, 0.4) is 0 Å². The molecule has 0 fully saturated rings. The summed E-state index contributed by atoms with van der Waals surface area (Å²) in [7, 11) is 0. The van der Waals surface area contributed by atoms with Crippen molar-refractivity contribution in [3.05, 3.63) is 76.6 Å². The van der Waals surface area contributed by atoms with Crippen molar-refractivity contribution >= 4 is 0 Å². The van der Waals surface area contributed by atoms with E-state index in [1.54, 1.807) is 12.5 Å². The highest BCUT2D eigenvalue weighted by Gasteiger charge is 2.23. The molecule has 0 aliphatic rings. The summed E-state index contributed by atoms with van der Waals surface area (Å²) in [5.41, 5.74) is 4.18.